The van der Waals surface area contributed by atoms with E-state index in [-0.39, 0.29) is 6.04 Å². The summed E-state index contributed by atoms with van der Waals surface area (Å²) in [4.78, 5) is 10.7. The van der Waals surface area contributed by atoms with Crippen LogP contribution in [-0.2, 0) is 11.2 Å². The Labute approximate surface area is 92.0 Å². The molecule has 15 heavy (non-hydrogen) atoms. The molecule has 2 unspecified atom stereocenters. The van der Waals surface area contributed by atoms with Crippen molar-refractivity contribution < 1.29 is 9.90 Å². The Bertz CT molecular complexity index is 408. The topological polar surface area (TPSA) is 75.4 Å². The first kappa shape index (κ1) is 10.3. The zero-order chi connectivity index (χ0) is 11.0. The largest absolute Gasteiger partial charge is 0.480 e. The maximum absolute atomic E-state index is 10.7. The van der Waals surface area contributed by atoms with Gasteiger partial charge in [0.25, 0.3) is 0 Å². The van der Waals surface area contributed by atoms with Crippen LogP contribution >= 0.6 is 11.6 Å². The van der Waals surface area contributed by atoms with E-state index in [0.717, 1.165) is 11.3 Å². The summed E-state index contributed by atoms with van der Waals surface area (Å²) in [6, 6.07) is 4.29. The van der Waals surface area contributed by atoms with Gasteiger partial charge >= 0.3 is 5.97 Å². The first-order valence-electron chi connectivity index (χ1n) is 4.61. The highest BCUT2D eigenvalue weighted by Gasteiger charge is 2.29. The van der Waals surface area contributed by atoms with Gasteiger partial charge in [0.05, 0.1) is 6.04 Å². The predicted molar refractivity (Wildman–Crippen MR) is 58.2 cm³/mol. The number of fused-ring (bicyclic) bond motifs is 1. The number of hydrogen-bond acceptors (Lipinski definition) is 3. The molecular formula is C10H11ClN2O2. The van der Waals surface area contributed by atoms with Gasteiger partial charge in [-0.2, -0.15) is 0 Å². The molecule has 0 radical (unpaired) electrons. The van der Waals surface area contributed by atoms with E-state index in [1.807, 2.05) is 12.1 Å². The van der Waals surface area contributed by atoms with Gasteiger partial charge in [-0.15, -0.1) is 0 Å². The van der Waals surface area contributed by atoms with Crippen molar-refractivity contribution in [2.45, 2.75) is 18.5 Å². The van der Waals surface area contributed by atoms with Crippen LogP contribution in [0.3, 0.4) is 0 Å². The van der Waals surface area contributed by atoms with Crippen molar-refractivity contribution in [2.75, 3.05) is 5.32 Å². The summed E-state index contributed by atoms with van der Waals surface area (Å²) in [7, 11) is 0. The summed E-state index contributed by atoms with van der Waals surface area (Å²) in [6.07, 6.45) is 0.601. The zero-order valence-corrected chi connectivity index (χ0v) is 8.66. The van der Waals surface area contributed by atoms with Crippen LogP contribution in [-0.4, -0.2) is 23.2 Å². The predicted octanol–water partition coefficient (Wildman–Crippen LogP) is 1.09. The van der Waals surface area contributed by atoms with E-state index in [1.54, 1.807) is 6.07 Å². The van der Waals surface area contributed by atoms with Gasteiger partial charge in [-0.1, -0.05) is 11.6 Å². The van der Waals surface area contributed by atoms with E-state index in [4.69, 9.17) is 22.4 Å². The van der Waals surface area contributed by atoms with Gasteiger partial charge < -0.3 is 16.2 Å². The van der Waals surface area contributed by atoms with Crippen molar-refractivity contribution in [1.29, 1.82) is 0 Å². The number of halogens is 1. The molecule has 0 fully saturated rings. The average Bonchev–Trinajstić information content (AvgIpc) is 2.58. The molecule has 80 valence electrons. The smallest absolute Gasteiger partial charge is 0.322 e. The Morgan fingerprint density at radius 2 is 2.40 bits per heavy atom. The van der Waals surface area contributed by atoms with E-state index in [9.17, 15) is 4.79 Å². The van der Waals surface area contributed by atoms with Crippen molar-refractivity contribution in [3.8, 4) is 0 Å². The first-order chi connectivity index (χ1) is 7.08. The minimum Gasteiger partial charge on any atom is -0.480 e. The van der Waals surface area contributed by atoms with Crippen LogP contribution in [0.2, 0.25) is 5.02 Å². The molecule has 0 aliphatic carbocycles. The van der Waals surface area contributed by atoms with Crippen LogP contribution < -0.4 is 11.1 Å². The lowest BCUT2D eigenvalue weighted by Crippen LogP contribution is -2.45. The van der Waals surface area contributed by atoms with Crippen molar-refractivity contribution in [2.24, 2.45) is 5.73 Å². The van der Waals surface area contributed by atoms with Gasteiger partial charge in [-0.25, -0.2) is 0 Å². The number of carboxylic acid groups (broad SMARTS) is 1. The molecule has 4 N–H and O–H groups in total. The number of rotatable bonds is 2. The summed E-state index contributed by atoms with van der Waals surface area (Å²) >= 11 is 5.84. The molecule has 2 rings (SSSR count). The number of nitrogens with one attached hydrogen (secondary N) is 1. The van der Waals surface area contributed by atoms with Gasteiger partial charge in [0.15, 0.2) is 0 Å². The normalized spacial score (nSPS) is 20.5. The second kappa shape index (κ2) is 3.72. The molecule has 0 saturated carbocycles. The standard InChI is InChI=1S/C10H11ClN2O2/c11-6-1-2-7-5(3-6)4-8(13-7)9(12)10(14)15/h1-3,8-9,13H,4,12H2,(H,14,15). The van der Waals surface area contributed by atoms with Crippen molar-refractivity contribution in [3.63, 3.8) is 0 Å². The summed E-state index contributed by atoms with van der Waals surface area (Å²) < 4.78 is 0. The Morgan fingerprint density at radius 3 is 3.07 bits per heavy atom. The number of hydrogen-bond donors (Lipinski definition) is 3. The third-order valence-corrected chi connectivity index (χ3v) is 2.80. The molecule has 0 spiro atoms. The van der Waals surface area contributed by atoms with Crippen LogP contribution in [0.5, 0.6) is 0 Å². The van der Waals surface area contributed by atoms with Gasteiger partial charge in [0, 0.05) is 10.7 Å². The quantitative estimate of drug-likeness (QED) is 0.706. The molecule has 1 aliphatic rings. The molecule has 0 saturated heterocycles. The van der Waals surface area contributed by atoms with E-state index >= 15 is 0 Å². The maximum Gasteiger partial charge on any atom is 0.322 e. The van der Waals surface area contributed by atoms with Crippen molar-refractivity contribution in [3.05, 3.63) is 28.8 Å². The molecule has 1 heterocycles. The number of nitrogens with two attached hydrogens (primary N) is 1. The summed E-state index contributed by atoms with van der Waals surface area (Å²) in [5, 5.41) is 12.5. The van der Waals surface area contributed by atoms with Gasteiger partial charge in [0.2, 0.25) is 0 Å². The lowest BCUT2D eigenvalue weighted by molar-refractivity contribution is -0.138. The second-order valence-electron chi connectivity index (χ2n) is 3.62. The molecule has 4 nitrogen and oxygen atoms in total. The van der Waals surface area contributed by atoms with Crippen LogP contribution in [0, 0.1) is 0 Å². The third kappa shape index (κ3) is 1.91. The van der Waals surface area contributed by atoms with E-state index in [2.05, 4.69) is 5.32 Å². The molecule has 5 heteroatoms. The Kier molecular flexibility index (Phi) is 2.54. The fourth-order valence-electron chi connectivity index (χ4n) is 1.75. The zero-order valence-electron chi connectivity index (χ0n) is 7.90. The maximum atomic E-state index is 10.7. The summed E-state index contributed by atoms with van der Waals surface area (Å²) in [5.41, 5.74) is 7.48. The fraction of sp³-hybridized carbons (Fsp3) is 0.300. The Hall–Kier alpha value is -1.26. The number of benzene rings is 1. The van der Waals surface area contributed by atoms with Crippen LogP contribution in [0.15, 0.2) is 18.2 Å². The SMILES string of the molecule is NC(C(=O)O)C1Cc2cc(Cl)ccc2N1. The van der Waals surface area contributed by atoms with E-state index in [0.29, 0.717) is 11.4 Å². The molecule has 0 bridgehead atoms. The minimum atomic E-state index is -0.994. The van der Waals surface area contributed by atoms with Crippen LogP contribution in [0.1, 0.15) is 5.56 Å². The van der Waals surface area contributed by atoms with E-state index < -0.39 is 12.0 Å². The number of anilines is 1. The highest BCUT2D eigenvalue weighted by molar-refractivity contribution is 6.30. The fourth-order valence-corrected chi connectivity index (χ4v) is 1.94. The highest BCUT2D eigenvalue weighted by Crippen LogP contribution is 2.29. The number of carboxylic acids is 1. The summed E-state index contributed by atoms with van der Waals surface area (Å²) in [6.45, 7) is 0. The lowest BCUT2D eigenvalue weighted by atomic mass is 10.0. The van der Waals surface area contributed by atoms with Gasteiger partial charge in [-0.3, -0.25) is 4.79 Å². The van der Waals surface area contributed by atoms with Gasteiger partial charge in [-0.05, 0) is 30.2 Å². The Balaban J connectivity index is 2.19. The summed E-state index contributed by atoms with van der Waals surface area (Å²) in [5.74, 6) is -0.994. The monoisotopic (exact) mass is 226 g/mol. The van der Waals surface area contributed by atoms with Crippen molar-refractivity contribution in [1.82, 2.24) is 0 Å². The highest BCUT2D eigenvalue weighted by atomic mass is 35.5. The molecule has 1 aliphatic heterocycles. The Morgan fingerprint density at radius 1 is 1.67 bits per heavy atom. The molecule has 1 aromatic carbocycles. The minimum absolute atomic E-state index is 0.254. The molecule has 0 aromatic heterocycles. The number of carbonyl (C=O) groups is 1. The van der Waals surface area contributed by atoms with Crippen LogP contribution in [0.25, 0.3) is 0 Å². The van der Waals surface area contributed by atoms with Crippen molar-refractivity contribution >= 4 is 23.3 Å². The lowest BCUT2D eigenvalue weighted by Gasteiger charge is -2.15. The third-order valence-electron chi connectivity index (χ3n) is 2.57. The first-order valence-corrected chi connectivity index (χ1v) is 4.99. The second-order valence-corrected chi connectivity index (χ2v) is 4.06. The average molecular weight is 227 g/mol. The molecule has 2 atom stereocenters. The molecule has 1 aromatic rings. The number of aliphatic carboxylic acids is 1. The van der Waals surface area contributed by atoms with Gasteiger partial charge in [0.1, 0.15) is 6.04 Å². The molecule has 0 amide bonds. The molecular weight excluding hydrogens is 216 g/mol. The van der Waals surface area contributed by atoms with Crippen LogP contribution in [0.4, 0.5) is 5.69 Å². The van der Waals surface area contributed by atoms with E-state index in [1.165, 1.54) is 0 Å².